The van der Waals surface area contributed by atoms with Gasteiger partial charge in [0.25, 0.3) is 0 Å². The lowest BCUT2D eigenvalue weighted by molar-refractivity contribution is 0.242. The lowest BCUT2D eigenvalue weighted by Gasteiger charge is -2.37. The molecule has 7 nitrogen and oxygen atoms in total. The van der Waals surface area contributed by atoms with E-state index in [0.717, 1.165) is 29.8 Å². The van der Waals surface area contributed by atoms with Crippen LogP contribution in [0.1, 0.15) is 68.2 Å². The Kier molecular flexibility index (Phi) is 5.37. The SMILES string of the molecule is CC1(C)[C@H]2CC[C@]1(c1cccc(-n3cnc(CCCC#N)n3)n1)c1nnc(-c3c(F)cccc3F)cc12. The molecule has 2 aliphatic carbocycles. The molecule has 37 heavy (non-hydrogen) atoms. The van der Waals surface area contributed by atoms with Crippen molar-refractivity contribution in [3.8, 4) is 23.1 Å². The summed E-state index contributed by atoms with van der Waals surface area (Å²) in [6.07, 6.45) is 5.22. The van der Waals surface area contributed by atoms with Gasteiger partial charge in [-0.05, 0) is 66.5 Å². The second-order valence-electron chi connectivity index (χ2n) is 10.3. The van der Waals surface area contributed by atoms with Gasteiger partial charge in [0.15, 0.2) is 11.6 Å². The number of rotatable bonds is 6. The normalized spacial score (nSPS) is 21.1. The summed E-state index contributed by atoms with van der Waals surface area (Å²) in [5.74, 6) is 0.180. The highest BCUT2D eigenvalue weighted by Crippen LogP contribution is 2.69. The Morgan fingerprint density at radius 3 is 2.68 bits per heavy atom. The molecule has 2 aliphatic rings. The van der Waals surface area contributed by atoms with E-state index in [-0.39, 0.29) is 22.6 Å². The van der Waals surface area contributed by atoms with Crippen molar-refractivity contribution >= 4 is 0 Å². The Morgan fingerprint density at radius 2 is 1.89 bits per heavy atom. The fourth-order valence-electron chi connectivity index (χ4n) is 6.39. The molecule has 0 N–H and O–H groups in total. The van der Waals surface area contributed by atoms with Crippen LogP contribution in [0.5, 0.6) is 0 Å². The summed E-state index contributed by atoms with van der Waals surface area (Å²) in [4.78, 5) is 9.40. The Bertz CT molecular complexity index is 1530. The van der Waals surface area contributed by atoms with E-state index in [1.807, 2.05) is 24.3 Å². The van der Waals surface area contributed by atoms with Crippen LogP contribution >= 0.6 is 0 Å². The first-order valence-corrected chi connectivity index (χ1v) is 12.4. The maximum atomic E-state index is 14.5. The van der Waals surface area contributed by atoms with Gasteiger partial charge in [-0.3, -0.25) is 0 Å². The number of pyridine rings is 1. The van der Waals surface area contributed by atoms with Crippen molar-refractivity contribution in [2.75, 3.05) is 0 Å². The number of aryl methyl sites for hydroxylation is 1. The van der Waals surface area contributed by atoms with E-state index in [1.54, 1.807) is 11.0 Å². The molecule has 6 rings (SSSR count). The Hall–Kier alpha value is -4.06. The maximum Gasteiger partial charge on any atom is 0.155 e. The summed E-state index contributed by atoms with van der Waals surface area (Å²) in [6.45, 7) is 4.43. The predicted molar refractivity (Wildman–Crippen MR) is 132 cm³/mol. The molecule has 3 aromatic heterocycles. The second kappa shape index (κ2) is 8.51. The van der Waals surface area contributed by atoms with E-state index in [9.17, 15) is 8.78 Å². The standard InChI is InChI=1S/C28H25F2N7/c1-27(2)18-12-13-28(27,26-17(18)15-21(34-35-26)25-19(29)7-5-8-20(25)30)22-9-6-11-24(33-22)37-16-32-23(36-37)10-3-4-14-31/h5-9,11,15-16,18H,3-4,10,12-13H2,1-2H3/t18-,28-/m0/s1. The number of nitrogens with zero attached hydrogens (tertiary/aromatic N) is 7. The number of halogens is 2. The predicted octanol–water partition coefficient (Wildman–Crippen LogP) is 5.45. The van der Waals surface area contributed by atoms with E-state index in [4.69, 9.17) is 10.2 Å². The van der Waals surface area contributed by atoms with Crippen LogP contribution in [0.3, 0.4) is 0 Å². The summed E-state index contributed by atoms with van der Waals surface area (Å²) in [7, 11) is 0. The van der Waals surface area contributed by atoms with Gasteiger partial charge < -0.3 is 0 Å². The topological polar surface area (TPSA) is 93.2 Å². The molecular formula is C28H25F2N7. The molecule has 1 aromatic carbocycles. The molecule has 1 saturated carbocycles. The van der Waals surface area contributed by atoms with E-state index in [2.05, 4.69) is 40.2 Å². The molecule has 0 amide bonds. The van der Waals surface area contributed by atoms with Crippen LogP contribution < -0.4 is 0 Å². The number of benzene rings is 1. The van der Waals surface area contributed by atoms with Crippen molar-refractivity contribution in [2.24, 2.45) is 5.41 Å². The summed E-state index contributed by atoms with van der Waals surface area (Å²) >= 11 is 0. The molecule has 2 bridgehead atoms. The van der Waals surface area contributed by atoms with Crippen molar-refractivity contribution < 1.29 is 8.78 Å². The van der Waals surface area contributed by atoms with Gasteiger partial charge in [0.1, 0.15) is 18.0 Å². The zero-order chi connectivity index (χ0) is 25.8. The number of aromatic nitrogens is 6. The molecule has 0 spiro atoms. The van der Waals surface area contributed by atoms with Crippen molar-refractivity contribution in [1.82, 2.24) is 29.9 Å². The third-order valence-corrected chi connectivity index (χ3v) is 8.24. The highest BCUT2D eigenvalue weighted by molar-refractivity contribution is 5.64. The van der Waals surface area contributed by atoms with Crippen molar-refractivity contribution in [2.45, 2.75) is 57.3 Å². The van der Waals surface area contributed by atoms with Crippen LogP contribution in [0, 0.1) is 28.4 Å². The lowest BCUT2D eigenvalue weighted by Crippen LogP contribution is -2.38. The third kappa shape index (κ3) is 3.39. The fraction of sp³-hybridized carbons (Fsp3) is 0.357. The van der Waals surface area contributed by atoms with Gasteiger partial charge in [0.2, 0.25) is 0 Å². The van der Waals surface area contributed by atoms with Crippen LogP contribution in [0.4, 0.5) is 8.78 Å². The highest BCUT2D eigenvalue weighted by Gasteiger charge is 2.65. The van der Waals surface area contributed by atoms with Gasteiger partial charge in [-0.1, -0.05) is 26.0 Å². The third-order valence-electron chi connectivity index (χ3n) is 8.24. The second-order valence-corrected chi connectivity index (χ2v) is 10.3. The average molecular weight is 498 g/mol. The quantitative estimate of drug-likeness (QED) is 0.329. The van der Waals surface area contributed by atoms with Gasteiger partial charge in [-0.25, -0.2) is 23.4 Å². The number of unbranched alkanes of at least 4 members (excludes halogenated alkanes) is 1. The summed E-state index contributed by atoms with van der Waals surface area (Å²) < 4.78 is 30.7. The largest absolute Gasteiger partial charge is 0.233 e. The molecular weight excluding hydrogens is 472 g/mol. The molecule has 0 saturated heterocycles. The van der Waals surface area contributed by atoms with Crippen LogP contribution in [-0.2, 0) is 11.8 Å². The first-order chi connectivity index (χ1) is 17.9. The Balaban J connectivity index is 1.42. The molecule has 3 heterocycles. The minimum absolute atomic E-state index is 0.149. The smallest absolute Gasteiger partial charge is 0.155 e. The number of nitriles is 1. The van der Waals surface area contributed by atoms with Gasteiger partial charge >= 0.3 is 0 Å². The number of fused-ring (bicyclic) bond motifs is 5. The molecule has 0 aliphatic heterocycles. The van der Waals surface area contributed by atoms with Crippen molar-refractivity contribution in [3.63, 3.8) is 0 Å². The molecule has 0 radical (unpaired) electrons. The number of hydrogen-bond acceptors (Lipinski definition) is 6. The Labute approximate surface area is 213 Å². The zero-order valence-electron chi connectivity index (χ0n) is 20.6. The molecule has 1 fully saturated rings. The van der Waals surface area contributed by atoms with Crippen LogP contribution in [0.25, 0.3) is 17.1 Å². The van der Waals surface area contributed by atoms with E-state index < -0.39 is 17.0 Å². The van der Waals surface area contributed by atoms with Crippen LogP contribution in [-0.4, -0.2) is 29.9 Å². The average Bonchev–Trinajstić information content (AvgIpc) is 3.52. The fourth-order valence-corrected chi connectivity index (χ4v) is 6.39. The first kappa shape index (κ1) is 23.3. The van der Waals surface area contributed by atoms with Gasteiger partial charge in [0, 0.05) is 12.8 Å². The van der Waals surface area contributed by atoms with E-state index in [0.29, 0.717) is 30.9 Å². The minimum atomic E-state index is -0.652. The van der Waals surface area contributed by atoms with Gasteiger partial charge in [-0.2, -0.15) is 10.4 Å². The highest BCUT2D eigenvalue weighted by atomic mass is 19.1. The van der Waals surface area contributed by atoms with Gasteiger partial charge in [0.05, 0.1) is 34.1 Å². The van der Waals surface area contributed by atoms with Crippen LogP contribution in [0.15, 0.2) is 48.8 Å². The minimum Gasteiger partial charge on any atom is -0.233 e. The molecule has 9 heteroatoms. The first-order valence-electron chi connectivity index (χ1n) is 12.4. The molecule has 4 aromatic rings. The van der Waals surface area contributed by atoms with Crippen LogP contribution in [0.2, 0.25) is 0 Å². The monoisotopic (exact) mass is 497 g/mol. The Morgan fingerprint density at radius 1 is 1.11 bits per heavy atom. The summed E-state index contributed by atoms with van der Waals surface area (Å²) in [5.41, 5.74) is 2.03. The van der Waals surface area contributed by atoms with Gasteiger partial charge in [-0.15, -0.1) is 10.2 Å². The van der Waals surface area contributed by atoms with E-state index >= 15 is 0 Å². The zero-order valence-corrected chi connectivity index (χ0v) is 20.6. The molecule has 0 unspecified atom stereocenters. The summed E-state index contributed by atoms with van der Waals surface area (Å²) in [6, 6.07) is 13.6. The van der Waals surface area contributed by atoms with Crippen molar-refractivity contribution in [3.05, 3.63) is 83.2 Å². The summed E-state index contributed by atoms with van der Waals surface area (Å²) in [5, 5.41) is 22.2. The van der Waals surface area contributed by atoms with Crippen molar-refractivity contribution in [1.29, 1.82) is 5.26 Å². The van der Waals surface area contributed by atoms with E-state index in [1.165, 1.54) is 18.2 Å². The lowest BCUT2D eigenvalue weighted by atomic mass is 9.66. The molecule has 186 valence electrons. The number of hydrogen-bond donors (Lipinski definition) is 0. The maximum absolute atomic E-state index is 14.5. The molecule has 2 atom stereocenters.